The molecule has 2 aliphatic carbocycles. The van der Waals surface area contributed by atoms with Crippen molar-refractivity contribution in [2.45, 2.75) is 73.7 Å². The third kappa shape index (κ3) is 4.16. The second-order valence-corrected chi connectivity index (χ2v) is 27.2. The summed E-state index contributed by atoms with van der Waals surface area (Å²) in [5, 5.41) is 0. The van der Waals surface area contributed by atoms with Crippen molar-refractivity contribution in [3.63, 3.8) is 0 Å². The SMILES string of the molecule is CC[SiH](CC)[Zr+2]([C]1(C)C=CC(C)=C1C)[C]1(C)C=CC(C)=C1C.[I-].[I-]. The van der Waals surface area contributed by atoms with Crippen molar-refractivity contribution in [3.05, 3.63) is 46.6 Å². The molecule has 0 spiro atoms. The van der Waals surface area contributed by atoms with Gasteiger partial charge < -0.3 is 48.0 Å². The van der Waals surface area contributed by atoms with Crippen molar-refractivity contribution >= 4 is 5.92 Å². The molecule has 4 heteroatoms. The molecule has 0 aliphatic heterocycles. The van der Waals surface area contributed by atoms with E-state index in [1.165, 1.54) is 23.2 Å². The smallest absolute Gasteiger partial charge is 1.00 e. The first-order valence-electron chi connectivity index (χ1n) is 8.84. The van der Waals surface area contributed by atoms with E-state index in [9.17, 15) is 0 Å². The van der Waals surface area contributed by atoms with Crippen LogP contribution < -0.4 is 48.0 Å². The number of rotatable bonds is 5. The van der Waals surface area contributed by atoms with E-state index >= 15 is 0 Å². The van der Waals surface area contributed by atoms with Crippen molar-refractivity contribution in [1.29, 1.82) is 0 Å². The van der Waals surface area contributed by atoms with Crippen molar-refractivity contribution in [2.75, 3.05) is 0 Å². The van der Waals surface area contributed by atoms with Crippen molar-refractivity contribution in [3.8, 4) is 0 Å². The Morgan fingerprint density at radius 1 is 0.792 bits per heavy atom. The van der Waals surface area contributed by atoms with Crippen LogP contribution in [0.25, 0.3) is 0 Å². The predicted molar refractivity (Wildman–Crippen MR) is 99.9 cm³/mol. The summed E-state index contributed by atoms with van der Waals surface area (Å²) in [4.78, 5) is 0. The second kappa shape index (κ2) is 9.64. The Kier molecular flexibility index (Phi) is 10.2. The Balaban J connectivity index is 0.00000264. The average molecular weight is 647 g/mol. The largest absolute Gasteiger partial charge is 1.00 e. The molecule has 2 aliphatic rings. The first-order valence-corrected chi connectivity index (χ1v) is 17.8. The van der Waals surface area contributed by atoms with Gasteiger partial charge in [-0.1, -0.05) is 0 Å². The predicted octanol–water partition coefficient (Wildman–Crippen LogP) is 0.546. The van der Waals surface area contributed by atoms with Gasteiger partial charge in [0, 0.05) is 0 Å². The molecule has 0 aromatic rings. The Hall–Kier alpha value is 1.52. The third-order valence-electron chi connectivity index (χ3n) is 6.59. The quantitative estimate of drug-likeness (QED) is 0.303. The van der Waals surface area contributed by atoms with E-state index in [-0.39, 0.29) is 48.0 Å². The molecular weight excluding hydrogens is 613 g/mol. The Morgan fingerprint density at radius 3 is 1.33 bits per heavy atom. The number of allylic oxidation sites excluding steroid dienone is 8. The number of halogens is 2. The summed E-state index contributed by atoms with van der Waals surface area (Å²) in [6.07, 6.45) is 10.1. The summed E-state index contributed by atoms with van der Waals surface area (Å²) in [5.41, 5.74) is 6.44. The van der Waals surface area contributed by atoms with E-state index in [0.717, 1.165) is 0 Å². The van der Waals surface area contributed by atoms with E-state index < -0.39 is 26.8 Å². The Labute approximate surface area is 193 Å². The van der Waals surface area contributed by atoms with Gasteiger partial charge >= 0.3 is 147 Å². The zero-order valence-corrected chi connectivity index (χ0v) is 24.5. The zero-order chi connectivity index (χ0) is 16.7. The molecule has 0 nitrogen and oxygen atoms in total. The summed E-state index contributed by atoms with van der Waals surface area (Å²) in [5.74, 6) is -0.653. The van der Waals surface area contributed by atoms with Gasteiger partial charge in [-0.3, -0.25) is 0 Å². The summed E-state index contributed by atoms with van der Waals surface area (Å²) in [6.45, 7) is 19.6. The van der Waals surface area contributed by atoms with E-state index in [4.69, 9.17) is 0 Å². The maximum absolute atomic E-state index is 2.61. The van der Waals surface area contributed by atoms with Gasteiger partial charge in [-0.25, -0.2) is 0 Å². The summed E-state index contributed by atoms with van der Waals surface area (Å²) >= 11 is -1.77. The first-order chi connectivity index (χ1) is 10.2. The molecule has 0 aromatic carbocycles. The van der Waals surface area contributed by atoms with Gasteiger partial charge in [0.25, 0.3) is 0 Å². The topological polar surface area (TPSA) is 0 Å². The van der Waals surface area contributed by atoms with E-state index in [1.54, 1.807) is 11.1 Å². The molecule has 0 radical (unpaired) electrons. The zero-order valence-electron chi connectivity index (χ0n) is 16.6. The maximum Gasteiger partial charge on any atom is -1.00 e. The summed E-state index contributed by atoms with van der Waals surface area (Å²) in [7, 11) is 0. The molecule has 0 amide bonds. The molecule has 0 N–H and O–H groups in total. The van der Waals surface area contributed by atoms with E-state index in [1.807, 2.05) is 0 Å². The molecule has 0 saturated heterocycles. The van der Waals surface area contributed by atoms with Gasteiger partial charge in [-0.2, -0.15) is 0 Å². The van der Waals surface area contributed by atoms with E-state index in [2.05, 4.69) is 79.7 Å². The van der Waals surface area contributed by atoms with Crippen molar-refractivity contribution < 1.29 is 68.9 Å². The minimum atomic E-state index is -1.77. The van der Waals surface area contributed by atoms with Crippen LogP contribution in [0.1, 0.15) is 55.4 Å². The maximum atomic E-state index is 2.61. The van der Waals surface area contributed by atoms with Crippen LogP contribution in [-0.2, 0) is 20.9 Å². The molecule has 0 aromatic heterocycles. The van der Waals surface area contributed by atoms with Crippen molar-refractivity contribution in [1.82, 2.24) is 0 Å². The van der Waals surface area contributed by atoms with Gasteiger partial charge in [0.05, 0.1) is 0 Å². The summed E-state index contributed by atoms with van der Waals surface area (Å²) < 4.78 is 0.862. The van der Waals surface area contributed by atoms with Gasteiger partial charge in [0.15, 0.2) is 0 Å². The minimum Gasteiger partial charge on any atom is -1.00 e. The van der Waals surface area contributed by atoms with Gasteiger partial charge in [-0.15, -0.1) is 0 Å². The molecular formula is C20H33I2SiZr. The van der Waals surface area contributed by atoms with Crippen LogP contribution >= 0.6 is 0 Å². The minimum absolute atomic E-state index is 0. The van der Waals surface area contributed by atoms with Crippen LogP contribution in [0, 0.1) is 0 Å². The first kappa shape index (κ1) is 25.5. The second-order valence-electron chi connectivity index (χ2n) is 7.61. The third-order valence-corrected chi connectivity index (χ3v) is 36.7. The van der Waals surface area contributed by atoms with Crippen LogP contribution in [0.5, 0.6) is 0 Å². The molecule has 0 fully saturated rings. The number of hydrogen-bond acceptors (Lipinski definition) is 0. The van der Waals surface area contributed by atoms with E-state index in [0.29, 0.717) is 6.25 Å². The molecule has 0 saturated carbocycles. The molecule has 135 valence electrons. The molecule has 24 heavy (non-hydrogen) atoms. The molecule has 2 unspecified atom stereocenters. The fraction of sp³-hybridized carbons (Fsp3) is 0.600. The number of hydrogen-bond donors (Lipinski definition) is 0. The van der Waals surface area contributed by atoms with Crippen LogP contribution in [-0.4, -0.2) is 5.92 Å². The molecule has 0 bridgehead atoms. The van der Waals surface area contributed by atoms with Crippen molar-refractivity contribution in [2.24, 2.45) is 0 Å². The van der Waals surface area contributed by atoms with Gasteiger partial charge in [-0.05, 0) is 0 Å². The van der Waals surface area contributed by atoms with Crippen LogP contribution in [0.3, 0.4) is 0 Å². The van der Waals surface area contributed by atoms with Crippen LogP contribution in [0.4, 0.5) is 0 Å². The van der Waals surface area contributed by atoms with Crippen LogP contribution in [0.2, 0.25) is 18.3 Å². The van der Waals surface area contributed by atoms with Gasteiger partial charge in [0.2, 0.25) is 0 Å². The monoisotopic (exact) mass is 645 g/mol. The average Bonchev–Trinajstić information content (AvgIpc) is 2.91. The molecule has 0 heterocycles. The normalized spacial score (nSPS) is 28.5. The molecule has 2 rings (SSSR count). The fourth-order valence-corrected chi connectivity index (χ4v) is 36.8. The molecule has 2 atom stereocenters. The summed E-state index contributed by atoms with van der Waals surface area (Å²) in [6, 6.07) is 2.97. The standard InChI is InChI=1S/2C8H11.C4H11Si.2HI.Zr/c2*1-6-4-5-7(2)8(6)3;1-3-5-4-2;;;/h2*4-5H,1-3H3;5H,3-4H2,1-2H3;2*1H;/q;;;;;+2/p-2. The Bertz CT molecular complexity index is 540. The van der Waals surface area contributed by atoms with Gasteiger partial charge in [0.1, 0.15) is 0 Å². The Morgan fingerprint density at radius 2 is 1.12 bits per heavy atom. The van der Waals surface area contributed by atoms with Crippen LogP contribution in [0.15, 0.2) is 46.6 Å². The fourth-order valence-electron chi connectivity index (χ4n) is 4.57.